The Kier molecular flexibility index (Phi) is 5.62. The van der Waals surface area contributed by atoms with Crippen molar-refractivity contribution in [3.8, 4) is 0 Å². The maximum atomic E-state index is 12.2. The monoisotopic (exact) mass is 383 g/mol. The van der Waals surface area contributed by atoms with Crippen molar-refractivity contribution in [3.05, 3.63) is 47.7 Å². The molecular weight excluding hydrogens is 353 g/mol. The molecule has 3 rings (SSSR count). The molecule has 1 amide bonds. The van der Waals surface area contributed by atoms with Crippen molar-refractivity contribution in [1.82, 2.24) is 4.90 Å². The van der Waals surface area contributed by atoms with E-state index in [1.165, 1.54) is 5.57 Å². The van der Waals surface area contributed by atoms with Crippen LogP contribution in [0.2, 0.25) is 0 Å². The second kappa shape index (κ2) is 7.67. The van der Waals surface area contributed by atoms with Crippen molar-refractivity contribution in [2.45, 2.75) is 58.7 Å². The Labute approximate surface area is 168 Å². The Bertz CT molecular complexity index is 784. The number of nitrogens with zero attached hydrogens (tertiary/aromatic N) is 1. The highest BCUT2D eigenvalue weighted by Crippen LogP contribution is 2.29. The van der Waals surface area contributed by atoms with Gasteiger partial charge in [0.15, 0.2) is 0 Å². The fraction of sp³-hybridized carbons (Fsp3) is 0.500. The summed E-state index contributed by atoms with van der Waals surface area (Å²) in [5.41, 5.74) is 2.48. The van der Waals surface area contributed by atoms with Gasteiger partial charge in [-0.05, 0) is 58.5 Å². The van der Waals surface area contributed by atoms with E-state index < -0.39 is 18.3 Å². The van der Waals surface area contributed by atoms with Gasteiger partial charge in [-0.2, -0.15) is 0 Å². The first-order valence-electron chi connectivity index (χ1n) is 9.85. The summed E-state index contributed by atoms with van der Waals surface area (Å²) in [5.74, 6) is 0.649. The van der Waals surface area contributed by atoms with E-state index in [-0.39, 0.29) is 6.09 Å². The molecular formula is C22H30BNO4. The second-order valence-corrected chi connectivity index (χ2v) is 8.94. The molecule has 0 N–H and O–H groups in total. The van der Waals surface area contributed by atoms with Gasteiger partial charge in [-0.15, -0.1) is 0 Å². The number of carbonyl (C=O) groups excluding carboxylic acids is 1. The molecule has 0 saturated carbocycles. The molecule has 0 bridgehead atoms. The van der Waals surface area contributed by atoms with Crippen molar-refractivity contribution < 1.29 is 18.8 Å². The van der Waals surface area contributed by atoms with Crippen LogP contribution in [0.5, 0.6) is 0 Å². The van der Waals surface area contributed by atoms with E-state index in [9.17, 15) is 4.79 Å². The van der Waals surface area contributed by atoms with Gasteiger partial charge in [0.2, 0.25) is 0 Å². The van der Waals surface area contributed by atoms with Crippen molar-refractivity contribution >= 4 is 24.8 Å². The van der Waals surface area contributed by atoms with Gasteiger partial charge >= 0.3 is 13.2 Å². The van der Waals surface area contributed by atoms with Crippen LogP contribution >= 0.6 is 0 Å². The topological polar surface area (TPSA) is 48.0 Å². The third-order valence-electron chi connectivity index (χ3n) is 4.93. The normalized spacial score (nSPS) is 19.5. The molecule has 2 aliphatic rings. The van der Waals surface area contributed by atoms with Crippen molar-refractivity contribution in [2.75, 3.05) is 13.1 Å². The predicted octanol–water partition coefficient (Wildman–Crippen LogP) is 4.14. The molecule has 0 aromatic heterocycles. The molecule has 0 unspecified atom stereocenters. The van der Waals surface area contributed by atoms with E-state index in [1.54, 1.807) is 4.90 Å². The first-order valence-corrected chi connectivity index (χ1v) is 9.85. The van der Waals surface area contributed by atoms with Gasteiger partial charge in [-0.1, -0.05) is 42.5 Å². The highest BCUT2D eigenvalue weighted by molar-refractivity contribution is 6.62. The quantitative estimate of drug-likeness (QED) is 0.721. The Balaban J connectivity index is 1.63. The molecule has 6 heteroatoms. The summed E-state index contributed by atoms with van der Waals surface area (Å²) < 4.78 is 17.2. The van der Waals surface area contributed by atoms with Crippen molar-refractivity contribution in [3.63, 3.8) is 0 Å². The molecule has 1 aromatic rings. The summed E-state index contributed by atoms with van der Waals surface area (Å²) in [6.45, 7) is 14.9. The minimum absolute atomic E-state index is 0.230. The SMILES string of the molecule is C=C1OB(c2cccc(C=C3CCN(C(=O)OC(C)(C)C)CC3)c2)OC1(C)C. The summed E-state index contributed by atoms with van der Waals surface area (Å²) in [5, 5.41) is 0. The number of hydrogen-bond donors (Lipinski definition) is 0. The minimum atomic E-state index is -0.479. The summed E-state index contributed by atoms with van der Waals surface area (Å²) in [4.78, 5) is 14.0. The van der Waals surface area contributed by atoms with Crippen LogP contribution < -0.4 is 5.46 Å². The van der Waals surface area contributed by atoms with E-state index in [0.717, 1.165) is 23.9 Å². The third-order valence-corrected chi connectivity index (χ3v) is 4.93. The van der Waals surface area contributed by atoms with E-state index >= 15 is 0 Å². The number of likely N-dealkylation sites (tertiary alicyclic amines) is 1. The standard InChI is InChI=1S/C22H30BNO4/c1-16-22(5,6)28-23(27-16)19-9-7-8-18(15-19)14-17-10-12-24(13-11-17)20(25)26-21(2,3)4/h7-9,14-15H,1,10-13H2,2-6H3. The number of hydrogen-bond acceptors (Lipinski definition) is 4. The van der Waals surface area contributed by atoms with Crippen LogP contribution in [0, 0.1) is 0 Å². The zero-order valence-electron chi connectivity index (χ0n) is 17.6. The molecule has 2 aliphatic heterocycles. The fourth-order valence-corrected chi connectivity index (χ4v) is 3.24. The molecule has 0 radical (unpaired) electrons. The van der Waals surface area contributed by atoms with E-state index in [1.807, 2.05) is 46.8 Å². The predicted molar refractivity (Wildman–Crippen MR) is 112 cm³/mol. The lowest BCUT2D eigenvalue weighted by molar-refractivity contribution is 0.0237. The van der Waals surface area contributed by atoms with Crippen LogP contribution in [0.4, 0.5) is 4.79 Å². The minimum Gasteiger partial charge on any atom is -0.534 e. The Morgan fingerprint density at radius 2 is 1.96 bits per heavy atom. The molecule has 28 heavy (non-hydrogen) atoms. The highest BCUT2D eigenvalue weighted by atomic mass is 16.7. The number of rotatable bonds is 2. The van der Waals surface area contributed by atoms with Crippen molar-refractivity contribution in [1.29, 1.82) is 0 Å². The molecule has 0 aliphatic carbocycles. The maximum absolute atomic E-state index is 12.2. The first-order chi connectivity index (χ1) is 13.0. The molecule has 1 aromatic carbocycles. The van der Waals surface area contributed by atoms with Crippen LogP contribution in [-0.4, -0.2) is 42.4 Å². The maximum Gasteiger partial charge on any atom is 0.563 e. The zero-order valence-corrected chi connectivity index (χ0v) is 17.6. The van der Waals surface area contributed by atoms with Crippen LogP contribution in [0.1, 0.15) is 53.0 Å². The van der Waals surface area contributed by atoms with Crippen LogP contribution in [0.15, 0.2) is 42.2 Å². The summed E-state index contributed by atoms with van der Waals surface area (Å²) in [6, 6.07) is 8.18. The molecule has 5 nitrogen and oxygen atoms in total. The number of amides is 1. The Morgan fingerprint density at radius 3 is 2.54 bits per heavy atom. The largest absolute Gasteiger partial charge is 0.563 e. The van der Waals surface area contributed by atoms with Crippen LogP contribution in [-0.2, 0) is 14.0 Å². The fourth-order valence-electron chi connectivity index (χ4n) is 3.24. The van der Waals surface area contributed by atoms with E-state index in [4.69, 9.17) is 14.0 Å². The second-order valence-electron chi connectivity index (χ2n) is 8.94. The molecule has 0 spiro atoms. The van der Waals surface area contributed by atoms with E-state index in [0.29, 0.717) is 18.8 Å². The smallest absolute Gasteiger partial charge is 0.534 e. The lowest BCUT2D eigenvalue weighted by atomic mass is 9.78. The Morgan fingerprint density at radius 1 is 1.29 bits per heavy atom. The number of carbonyl (C=O) groups is 1. The molecule has 2 saturated heterocycles. The molecule has 150 valence electrons. The van der Waals surface area contributed by atoms with Gasteiger partial charge in [-0.3, -0.25) is 0 Å². The molecule has 2 heterocycles. The van der Waals surface area contributed by atoms with Gasteiger partial charge in [0.1, 0.15) is 11.2 Å². The molecule has 0 atom stereocenters. The third kappa shape index (κ3) is 4.99. The van der Waals surface area contributed by atoms with Gasteiger partial charge in [0, 0.05) is 13.1 Å². The summed E-state index contributed by atoms with van der Waals surface area (Å²) >= 11 is 0. The van der Waals surface area contributed by atoms with Gasteiger partial charge < -0.3 is 18.9 Å². The van der Waals surface area contributed by atoms with Crippen LogP contribution in [0.3, 0.4) is 0 Å². The average Bonchev–Trinajstić information content (AvgIpc) is 2.87. The number of ether oxygens (including phenoxy) is 1. The summed E-state index contributed by atoms with van der Waals surface area (Å²) in [7, 11) is -0.421. The van der Waals surface area contributed by atoms with Gasteiger partial charge in [-0.25, -0.2) is 4.79 Å². The molecule has 2 fully saturated rings. The first kappa shape index (κ1) is 20.5. The lowest BCUT2D eigenvalue weighted by Gasteiger charge is -2.31. The van der Waals surface area contributed by atoms with Crippen LogP contribution in [0.25, 0.3) is 6.08 Å². The average molecular weight is 383 g/mol. The zero-order chi connectivity index (χ0) is 20.5. The lowest BCUT2D eigenvalue weighted by Crippen LogP contribution is -2.40. The van der Waals surface area contributed by atoms with Gasteiger partial charge in [0.25, 0.3) is 0 Å². The van der Waals surface area contributed by atoms with Crippen molar-refractivity contribution in [2.24, 2.45) is 0 Å². The van der Waals surface area contributed by atoms with Gasteiger partial charge in [0.05, 0.1) is 5.76 Å². The Hall–Kier alpha value is -2.21. The van der Waals surface area contributed by atoms with E-state index in [2.05, 4.69) is 24.8 Å². The summed E-state index contributed by atoms with van der Waals surface area (Å²) in [6.07, 6.45) is 3.67. The number of benzene rings is 1. The highest BCUT2D eigenvalue weighted by Gasteiger charge is 2.42. The number of piperidine rings is 1.